The van der Waals surface area contributed by atoms with E-state index in [1.54, 1.807) is 19.9 Å². The molecule has 1 aromatic carbocycles. The van der Waals surface area contributed by atoms with Gasteiger partial charge in [0.1, 0.15) is 6.04 Å². The quantitative estimate of drug-likeness (QED) is 0.669. The van der Waals surface area contributed by atoms with E-state index in [4.69, 9.17) is 5.11 Å². The van der Waals surface area contributed by atoms with E-state index in [0.717, 1.165) is 4.90 Å². The molecule has 0 bridgehead atoms. The summed E-state index contributed by atoms with van der Waals surface area (Å²) >= 11 is 0. The molecule has 1 unspecified atom stereocenters. The van der Waals surface area contributed by atoms with Crippen LogP contribution >= 0.6 is 0 Å². The van der Waals surface area contributed by atoms with Crippen molar-refractivity contribution in [2.45, 2.75) is 26.8 Å². The molecule has 7 nitrogen and oxygen atoms in total. The van der Waals surface area contributed by atoms with Gasteiger partial charge in [0.15, 0.2) is 0 Å². The summed E-state index contributed by atoms with van der Waals surface area (Å²) in [5, 5.41) is 19.8. The zero-order valence-corrected chi connectivity index (χ0v) is 11.7. The molecule has 108 valence electrons. The highest BCUT2D eigenvalue weighted by atomic mass is 16.6. The number of carbonyl (C=O) groups excluding carboxylic acids is 1. The molecule has 1 N–H and O–H groups in total. The first-order valence-corrected chi connectivity index (χ1v) is 5.92. The van der Waals surface area contributed by atoms with Gasteiger partial charge in [-0.3, -0.25) is 14.9 Å². The number of nitrogens with zero attached hydrogens (tertiary/aromatic N) is 2. The summed E-state index contributed by atoms with van der Waals surface area (Å²) in [4.78, 5) is 34.5. The van der Waals surface area contributed by atoms with Crippen LogP contribution in [0.15, 0.2) is 12.1 Å². The number of amides is 1. The van der Waals surface area contributed by atoms with Crippen LogP contribution in [0.4, 0.5) is 5.69 Å². The smallest absolute Gasteiger partial charge is 0.326 e. The molecule has 1 amide bonds. The van der Waals surface area contributed by atoms with E-state index in [1.165, 1.54) is 20.0 Å². The largest absolute Gasteiger partial charge is 0.480 e. The Morgan fingerprint density at radius 1 is 1.30 bits per heavy atom. The molecule has 0 spiro atoms. The Labute approximate surface area is 116 Å². The summed E-state index contributed by atoms with van der Waals surface area (Å²) in [6.07, 6.45) is 0. The highest BCUT2D eigenvalue weighted by Gasteiger charge is 2.26. The van der Waals surface area contributed by atoms with E-state index in [9.17, 15) is 19.7 Å². The molecule has 0 aliphatic carbocycles. The first-order valence-electron chi connectivity index (χ1n) is 5.92. The van der Waals surface area contributed by atoms with Gasteiger partial charge in [-0.25, -0.2) is 4.79 Å². The van der Waals surface area contributed by atoms with Crippen molar-refractivity contribution in [2.24, 2.45) is 0 Å². The molecule has 0 saturated carbocycles. The maximum absolute atomic E-state index is 12.2. The Morgan fingerprint density at radius 2 is 1.85 bits per heavy atom. The van der Waals surface area contributed by atoms with Gasteiger partial charge in [-0.1, -0.05) is 0 Å². The third-order valence-corrected chi connectivity index (χ3v) is 3.23. The molecule has 0 aliphatic heterocycles. The Morgan fingerprint density at radius 3 is 2.30 bits per heavy atom. The molecular formula is C13H16N2O5. The van der Waals surface area contributed by atoms with Gasteiger partial charge < -0.3 is 10.0 Å². The van der Waals surface area contributed by atoms with Crippen LogP contribution in [0.5, 0.6) is 0 Å². The van der Waals surface area contributed by atoms with E-state index in [1.807, 2.05) is 0 Å². The van der Waals surface area contributed by atoms with Crippen molar-refractivity contribution < 1.29 is 19.6 Å². The number of carboxylic acid groups (broad SMARTS) is 1. The molecule has 1 atom stereocenters. The van der Waals surface area contributed by atoms with Gasteiger partial charge in [0.2, 0.25) is 0 Å². The number of carboxylic acids is 1. The van der Waals surface area contributed by atoms with Crippen LogP contribution in [0.3, 0.4) is 0 Å². The molecule has 0 saturated heterocycles. The maximum atomic E-state index is 12.2. The zero-order chi connectivity index (χ0) is 15.6. The molecule has 1 aromatic rings. The molecular weight excluding hydrogens is 264 g/mol. The van der Waals surface area contributed by atoms with Crippen molar-refractivity contribution in [2.75, 3.05) is 7.05 Å². The summed E-state index contributed by atoms with van der Waals surface area (Å²) in [5.74, 6) is -1.69. The van der Waals surface area contributed by atoms with Gasteiger partial charge in [-0.2, -0.15) is 0 Å². The Kier molecular flexibility index (Phi) is 4.44. The predicted octanol–water partition coefficient (Wildman–Crippen LogP) is 1.76. The van der Waals surface area contributed by atoms with Crippen LogP contribution in [0, 0.1) is 24.0 Å². The average molecular weight is 280 g/mol. The normalized spacial score (nSPS) is 11.8. The minimum atomic E-state index is -1.14. The first kappa shape index (κ1) is 15.6. The molecule has 1 rings (SSSR count). The second-order valence-corrected chi connectivity index (χ2v) is 4.64. The van der Waals surface area contributed by atoms with Crippen molar-refractivity contribution >= 4 is 17.6 Å². The van der Waals surface area contributed by atoms with Crippen LogP contribution < -0.4 is 0 Å². The van der Waals surface area contributed by atoms with Gasteiger partial charge in [0.25, 0.3) is 11.6 Å². The summed E-state index contributed by atoms with van der Waals surface area (Å²) in [7, 11) is 1.35. The number of carbonyl (C=O) groups is 2. The monoisotopic (exact) mass is 280 g/mol. The highest BCUT2D eigenvalue weighted by Crippen LogP contribution is 2.24. The van der Waals surface area contributed by atoms with Gasteiger partial charge in [-0.05, 0) is 32.4 Å². The number of nitro groups is 1. The van der Waals surface area contributed by atoms with E-state index in [0.29, 0.717) is 11.1 Å². The van der Waals surface area contributed by atoms with Crippen LogP contribution in [0.25, 0.3) is 0 Å². The van der Waals surface area contributed by atoms with Gasteiger partial charge in [-0.15, -0.1) is 0 Å². The number of hydrogen-bond donors (Lipinski definition) is 1. The number of aryl methyl sites for hydroxylation is 2. The van der Waals surface area contributed by atoms with Crippen LogP contribution in [-0.4, -0.2) is 39.9 Å². The van der Waals surface area contributed by atoms with Gasteiger partial charge in [0, 0.05) is 24.2 Å². The fourth-order valence-corrected chi connectivity index (χ4v) is 1.80. The Bertz CT molecular complexity index is 582. The van der Waals surface area contributed by atoms with E-state index >= 15 is 0 Å². The van der Waals surface area contributed by atoms with E-state index < -0.39 is 22.8 Å². The zero-order valence-electron chi connectivity index (χ0n) is 11.7. The number of aliphatic carboxylic acids is 1. The van der Waals surface area contributed by atoms with Crippen molar-refractivity contribution in [1.82, 2.24) is 4.90 Å². The lowest BCUT2D eigenvalue weighted by molar-refractivity contribution is -0.385. The molecule has 0 heterocycles. The number of hydrogen-bond acceptors (Lipinski definition) is 4. The lowest BCUT2D eigenvalue weighted by atomic mass is 10.0. The molecule has 0 radical (unpaired) electrons. The Balaban J connectivity index is 3.26. The van der Waals surface area contributed by atoms with E-state index in [-0.39, 0.29) is 11.3 Å². The molecule has 7 heteroatoms. The minimum Gasteiger partial charge on any atom is -0.480 e. The summed E-state index contributed by atoms with van der Waals surface area (Å²) in [5.41, 5.74) is 1.01. The standard InChI is InChI=1S/C13H16N2O5/c1-7-5-8(2)11(15(19)20)6-10(7)12(16)14(4)9(3)13(17)18/h5-6,9H,1-4H3,(H,17,18). The van der Waals surface area contributed by atoms with Crippen LogP contribution in [0.1, 0.15) is 28.4 Å². The number of likely N-dealkylation sites (N-methyl/N-ethyl adjacent to an activating group) is 1. The first-order chi connectivity index (χ1) is 9.16. The lowest BCUT2D eigenvalue weighted by Gasteiger charge is -2.22. The maximum Gasteiger partial charge on any atom is 0.326 e. The summed E-state index contributed by atoms with van der Waals surface area (Å²) in [6, 6.07) is 1.73. The molecule has 20 heavy (non-hydrogen) atoms. The van der Waals surface area contributed by atoms with Crippen LogP contribution in [0.2, 0.25) is 0 Å². The Hall–Kier alpha value is -2.44. The highest BCUT2D eigenvalue weighted by molar-refractivity contribution is 5.98. The van der Waals surface area contributed by atoms with Crippen molar-refractivity contribution in [1.29, 1.82) is 0 Å². The fourth-order valence-electron chi connectivity index (χ4n) is 1.80. The number of benzene rings is 1. The predicted molar refractivity (Wildman–Crippen MR) is 71.8 cm³/mol. The van der Waals surface area contributed by atoms with Crippen molar-refractivity contribution in [3.63, 3.8) is 0 Å². The SMILES string of the molecule is Cc1cc(C)c([N+](=O)[O-])cc1C(=O)N(C)C(C)C(=O)O. The molecule has 0 fully saturated rings. The molecule has 0 aromatic heterocycles. The second-order valence-electron chi connectivity index (χ2n) is 4.64. The average Bonchev–Trinajstić information content (AvgIpc) is 2.35. The number of rotatable bonds is 4. The lowest BCUT2D eigenvalue weighted by Crippen LogP contribution is -2.40. The fraction of sp³-hybridized carbons (Fsp3) is 0.385. The topological polar surface area (TPSA) is 101 Å². The second kappa shape index (κ2) is 5.68. The van der Waals surface area contributed by atoms with Gasteiger partial charge >= 0.3 is 5.97 Å². The molecule has 0 aliphatic rings. The summed E-state index contributed by atoms with van der Waals surface area (Å²) in [6.45, 7) is 4.62. The van der Waals surface area contributed by atoms with Gasteiger partial charge in [0.05, 0.1) is 4.92 Å². The minimum absolute atomic E-state index is 0.137. The summed E-state index contributed by atoms with van der Waals surface area (Å²) < 4.78 is 0. The number of nitro benzene ring substituents is 1. The van der Waals surface area contributed by atoms with Crippen LogP contribution in [-0.2, 0) is 4.79 Å². The van der Waals surface area contributed by atoms with Crippen molar-refractivity contribution in [3.8, 4) is 0 Å². The van der Waals surface area contributed by atoms with Crippen molar-refractivity contribution in [3.05, 3.63) is 38.9 Å². The van der Waals surface area contributed by atoms with E-state index in [2.05, 4.69) is 0 Å². The third-order valence-electron chi connectivity index (χ3n) is 3.23. The third kappa shape index (κ3) is 2.93.